The molecule has 4 saturated carbocycles. The molecule has 4 fully saturated rings. The van der Waals surface area contributed by atoms with Crippen LogP contribution in [0.5, 0.6) is 0 Å². The van der Waals surface area contributed by atoms with Crippen LogP contribution in [0.3, 0.4) is 0 Å². The Labute approximate surface area is 164 Å². The Kier molecular flexibility index (Phi) is 4.81. The zero-order valence-electron chi connectivity index (χ0n) is 17.6. The Morgan fingerprint density at radius 3 is 2.63 bits per heavy atom. The summed E-state index contributed by atoms with van der Waals surface area (Å²) in [7, 11) is 3.39. The van der Waals surface area contributed by atoms with E-state index in [2.05, 4.69) is 26.5 Å². The lowest BCUT2D eigenvalue weighted by atomic mass is 9.61. The summed E-state index contributed by atoms with van der Waals surface area (Å²) in [6, 6.07) is 0. The summed E-state index contributed by atoms with van der Waals surface area (Å²) in [4.78, 5) is 12.2. The number of methoxy groups -OCH3 is 2. The summed E-state index contributed by atoms with van der Waals surface area (Å²) in [5, 5.41) is 0. The third-order valence-electron chi connectivity index (χ3n) is 8.95. The monoisotopic (exact) mass is 372 g/mol. The molecule has 4 aliphatic carbocycles. The fraction of sp³-hybridized carbons (Fsp3) is 0.792. The highest BCUT2D eigenvalue weighted by Crippen LogP contribution is 2.69. The fourth-order valence-corrected chi connectivity index (χ4v) is 7.34. The molecule has 3 heteroatoms. The van der Waals surface area contributed by atoms with Crippen LogP contribution >= 0.6 is 0 Å². The van der Waals surface area contributed by atoms with Crippen molar-refractivity contribution >= 4 is 5.97 Å². The van der Waals surface area contributed by atoms with Gasteiger partial charge >= 0.3 is 5.97 Å². The van der Waals surface area contributed by atoms with E-state index in [9.17, 15) is 4.79 Å². The number of rotatable bonds is 5. The Morgan fingerprint density at radius 1 is 1.26 bits per heavy atom. The Bertz CT molecular complexity index is 665. The molecule has 0 unspecified atom stereocenters. The molecule has 27 heavy (non-hydrogen) atoms. The molecule has 0 N–H and O–H groups in total. The maximum absolute atomic E-state index is 12.2. The molecule has 0 aromatic rings. The van der Waals surface area contributed by atoms with Crippen molar-refractivity contribution in [2.45, 2.75) is 71.3 Å². The molecule has 0 heterocycles. The van der Waals surface area contributed by atoms with E-state index in [-0.39, 0.29) is 28.8 Å². The molecule has 0 aliphatic heterocycles. The van der Waals surface area contributed by atoms with Gasteiger partial charge in [-0.1, -0.05) is 37.6 Å². The smallest absolute Gasteiger partial charge is 0.308 e. The van der Waals surface area contributed by atoms with Gasteiger partial charge in [-0.2, -0.15) is 0 Å². The molecule has 0 amide bonds. The van der Waals surface area contributed by atoms with Crippen molar-refractivity contribution in [3.63, 3.8) is 0 Å². The summed E-state index contributed by atoms with van der Waals surface area (Å²) in [5.74, 6) is 1.74. The van der Waals surface area contributed by atoms with E-state index in [4.69, 9.17) is 9.47 Å². The van der Waals surface area contributed by atoms with E-state index in [1.807, 2.05) is 7.11 Å². The number of allylic oxidation sites excluding steroid dienone is 1. The maximum atomic E-state index is 12.2. The minimum atomic E-state index is -0.0466. The third-order valence-corrected chi connectivity index (χ3v) is 8.95. The van der Waals surface area contributed by atoms with Gasteiger partial charge in [0.25, 0.3) is 0 Å². The van der Waals surface area contributed by atoms with Crippen LogP contribution in [0, 0.1) is 34.5 Å². The highest BCUT2D eigenvalue weighted by molar-refractivity contribution is 5.72. The molecule has 7 atom stereocenters. The highest BCUT2D eigenvalue weighted by Gasteiger charge is 2.63. The van der Waals surface area contributed by atoms with Crippen LogP contribution in [0.1, 0.15) is 65.2 Å². The average Bonchev–Trinajstić information content (AvgIpc) is 3.17. The number of carbonyl (C=O) groups excluding carboxylic acids is 1. The minimum absolute atomic E-state index is 0.0106. The third kappa shape index (κ3) is 2.75. The average molecular weight is 373 g/mol. The van der Waals surface area contributed by atoms with Gasteiger partial charge in [-0.25, -0.2) is 0 Å². The van der Waals surface area contributed by atoms with Gasteiger partial charge < -0.3 is 9.47 Å². The normalized spacial score (nSPS) is 43.9. The largest absolute Gasteiger partial charge is 0.469 e. The second-order valence-corrected chi connectivity index (χ2v) is 9.89. The van der Waals surface area contributed by atoms with E-state index in [0.29, 0.717) is 11.8 Å². The first-order chi connectivity index (χ1) is 12.9. The molecular weight excluding hydrogens is 336 g/mol. The van der Waals surface area contributed by atoms with Gasteiger partial charge in [0.2, 0.25) is 0 Å². The van der Waals surface area contributed by atoms with Gasteiger partial charge in [0, 0.05) is 12.5 Å². The number of ether oxygens (including phenoxy) is 2. The van der Waals surface area contributed by atoms with E-state index in [1.54, 1.807) is 5.57 Å². The van der Waals surface area contributed by atoms with Gasteiger partial charge in [-0.15, -0.1) is 0 Å². The van der Waals surface area contributed by atoms with Crippen LogP contribution in [0.25, 0.3) is 0 Å². The zero-order valence-corrected chi connectivity index (χ0v) is 17.6. The topological polar surface area (TPSA) is 35.5 Å². The Morgan fingerprint density at radius 2 is 2.04 bits per heavy atom. The van der Waals surface area contributed by atoms with Gasteiger partial charge in [0.05, 0.1) is 19.1 Å². The van der Waals surface area contributed by atoms with E-state index in [0.717, 1.165) is 12.3 Å². The summed E-state index contributed by atoms with van der Waals surface area (Å²) >= 11 is 0. The predicted octanol–water partition coefficient (Wildman–Crippen LogP) is 5.31. The van der Waals surface area contributed by atoms with Crippen LogP contribution < -0.4 is 0 Å². The summed E-state index contributed by atoms with van der Waals surface area (Å²) < 4.78 is 11.1. The first kappa shape index (κ1) is 19.2. The molecule has 4 rings (SSSR count). The van der Waals surface area contributed by atoms with Crippen LogP contribution in [0.4, 0.5) is 0 Å². The van der Waals surface area contributed by atoms with Crippen molar-refractivity contribution in [2.75, 3.05) is 14.2 Å². The first-order valence-corrected chi connectivity index (χ1v) is 10.9. The van der Waals surface area contributed by atoms with Gasteiger partial charge in [-0.3, -0.25) is 4.79 Å². The summed E-state index contributed by atoms with van der Waals surface area (Å²) in [6.07, 6.45) is 12.4. The summed E-state index contributed by atoms with van der Waals surface area (Å²) in [6.45, 7) is 8.89. The molecule has 150 valence electrons. The molecule has 0 aromatic heterocycles. The van der Waals surface area contributed by atoms with Gasteiger partial charge in [-0.05, 0) is 74.5 Å². The van der Waals surface area contributed by atoms with Crippen LogP contribution in [0.2, 0.25) is 0 Å². The lowest BCUT2D eigenvalue weighted by molar-refractivity contribution is -0.148. The van der Waals surface area contributed by atoms with E-state index >= 15 is 0 Å². The quantitative estimate of drug-likeness (QED) is 0.485. The van der Waals surface area contributed by atoms with E-state index < -0.39 is 0 Å². The number of hydrogen-bond donors (Lipinski definition) is 0. The molecular formula is C24H36O3. The number of fused-ring (bicyclic) bond motifs is 2. The second kappa shape index (κ2) is 6.76. The number of carbonyl (C=O) groups is 1. The SMILES string of the molecule is C=C1CC[C@@H]2C[C@]12[C@@H](C=C1CCC[C@]2(C)[C@@H]([C@H](C)C(=O)OC)CC[C@@H]12)OC. The van der Waals surface area contributed by atoms with Crippen LogP contribution in [-0.4, -0.2) is 26.3 Å². The minimum Gasteiger partial charge on any atom is -0.469 e. The van der Waals surface area contributed by atoms with Crippen molar-refractivity contribution < 1.29 is 14.3 Å². The predicted molar refractivity (Wildman–Crippen MR) is 107 cm³/mol. The lowest BCUT2D eigenvalue weighted by Gasteiger charge is -2.44. The molecule has 3 nitrogen and oxygen atoms in total. The van der Waals surface area contributed by atoms with Crippen molar-refractivity contribution in [1.82, 2.24) is 0 Å². The van der Waals surface area contributed by atoms with Crippen LogP contribution in [0.15, 0.2) is 23.8 Å². The van der Waals surface area contributed by atoms with Crippen molar-refractivity contribution in [2.24, 2.45) is 34.5 Å². The van der Waals surface area contributed by atoms with Crippen molar-refractivity contribution in [3.05, 3.63) is 23.8 Å². The van der Waals surface area contributed by atoms with Crippen molar-refractivity contribution in [1.29, 1.82) is 0 Å². The number of hydrogen-bond acceptors (Lipinski definition) is 3. The standard InChI is InChI=1S/C24H36O3/c1-15-8-9-18-14-24(15,18)21(26-4)13-17-7-6-12-23(3)19(10-11-20(17)23)16(2)22(25)27-5/h13,16,18-21H,1,6-12,14H2,2-5H3/t16-,18+,19+,20-,21+,23+,24-/m0/s1. The Hall–Kier alpha value is -1.09. The lowest BCUT2D eigenvalue weighted by Crippen LogP contribution is -2.38. The fourth-order valence-electron chi connectivity index (χ4n) is 7.34. The molecule has 4 aliphatic rings. The molecule has 0 radical (unpaired) electrons. The Balaban J connectivity index is 1.59. The van der Waals surface area contributed by atoms with Gasteiger partial charge in [0.1, 0.15) is 0 Å². The maximum Gasteiger partial charge on any atom is 0.308 e. The van der Waals surface area contributed by atoms with Gasteiger partial charge in [0.15, 0.2) is 0 Å². The molecule has 0 saturated heterocycles. The molecule has 0 aromatic carbocycles. The molecule has 0 spiro atoms. The summed E-state index contributed by atoms with van der Waals surface area (Å²) in [5.41, 5.74) is 3.45. The highest BCUT2D eigenvalue weighted by atomic mass is 16.5. The number of esters is 1. The zero-order chi connectivity index (χ0) is 19.4. The first-order valence-electron chi connectivity index (χ1n) is 10.9. The second-order valence-electron chi connectivity index (χ2n) is 9.89. The van der Waals surface area contributed by atoms with E-state index in [1.165, 1.54) is 57.6 Å². The van der Waals surface area contributed by atoms with Crippen molar-refractivity contribution in [3.8, 4) is 0 Å². The molecule has 0 bridgehead atoms. The van der Waals surface area contributed by atoms with Crippen LogP contribution in [-0.2, 0) is 14.3 Å².